The summed E-state index contributed by atoms with van der Waals surface area (Å²) in [7, 11) is 0. The van der Waals surface area contributed by atoms with Gasteiger partial charge in [0.25, 0.3) is 5.91 Å². The molecule has 0 saturated heterocycles. The van der Waals surface area contributed by atoms with Gasteiger partial charge >= 0.3 is 5.97 Å². The predicted molar refractivity (Wildman–Crippen MR) is 132 cm³/mol. The Morgan fingerprint density at radius 2 is 1.58 bits per heavy atom. The van der Waals surface area contributed by atoms with E-state index in [0.717, 1.165) is 5.56 Å². The maximum absolute atomic E-state index is 12.7. The molecule has 0 unspecified atom stereocenters. The van der Waals surface area contributed by atoms with Gasteiger partial charge in [0.15, 0.2) is 0 Å². The van der Waals surface area contributed by atoms with Gasteiger partial charge in [-0.25, -0.2) is 0 Å². The molecule has 3 aromatic carbocycles. The molecule has 0 saturated carbocycles. The van der Waals surface area contributed by atoms with Gasteiger partial charge in [0, 0.05) is 18.0 Å². The number of nitrogens with two attached hydrogens (primary N) is 1. The van der Waals surface area contributed by atoms with Gasteiger partial charge in [-0.3, -0.25) is 9.59 Å². The Bertz CT molecular complexity index is 1090. The number of carboxylic acids is 1. The van der Waals surface area contributed by atoms with Crippen LogP contribution in [0, 0.1) is 12.8 Å². The first-order valence-corrected chi connectivity index (χ1v) is 11.3. The number of carbonyl (C=O) groups is 2. The second kappa shape index (κ2) is 10.9. The second-order valence-electron chi connectivity index (χ2n) is 8.84. The van der Waals surface area contributed by atoms with Crippen LogP contribution >= 0.6 is 0 Å². The van der Waals surface area contributed by atoms with E-state index in [1.165, 1.54) is 22.3 Å². The number of carbonyl (C=O) groups excluding carboxylic acids is 1. The number of amides is 1. The fourth-order valence-corrected chi connectivity index (χ4v) is 3.98. The first-order valence-electron chi connectivity index (χ1n) is 11.3. The van der Waals surface area contributed by atoms with Gasteiger partial charge in [0.1, 0.15) is 6.04 Å². The zero-order valence-corrected chi connectivity index (χ0v) is 19.4. The van der Waals surface area contributed by atoms with Gasteiger partial charge in [-0.05, 0) is 59.2 Å². The Balaban J connectivity index is 1.65. The van der Waals surface area contributed by atoms with Crippen molar-refractivity contribution in [3.05, 3.63) is 95.1 Å². The minimum Gasteiger partial charge on any atom is -0.480 e. The molecular formula is C28H32N2O3. The molecule has 172 valence electrons. The molecule has 5 nitrogen and oxygen atoms in total. The molecule has 0 aliphatic carbocycles. The van der Waals surface area contributed by atoms with Crippen LogP contribution in [0.1, 0.15) is 46.8 Å². The fraction of sp³-hybridized carbons (Fsp3) is 0.286. The Morgan fingerprint density at radius 3 is 2.15 bits per heavy atom. The highest BCUT2D eigenvalue weighted by atomic mass is 16.4. The molecule has 2 atom stereocenters. The minimum absolute atomic E-state index is 0.147. The van der Waals surface area contributed by atoms with Gasteiger partial charge in [-0.15, -0.1) is 0 Å². The highest BCUT2D eigenvalue weighted by molar-refractivity contribution is 5.94. The Hall–Kier alpha value is -3.44. The average Bonchev–Trinajstić information content (AvgIpc) is 2.80. The average molecular weight is 445 g/mol. The fourth-order valence-electron chi connectivity index (χ4n) is 3.98. The maximum Gasteiger partial charge on any atom is 0.320 e. The molecule has 0 radical (unpaired) electrons. The standard InChI is InChI=1S/C28H32N2O3/c1-18(2)25(22-14-12-21(13-15-22)24-7-5-4-6-19(24)3)17-30-27(31)23-10-8-20(9-11-23)16-26(29)28(32)33/h4-15,18,25-26H,16-17,29H2,1-3H3,(H,30,31)(H,32,33)/t25-,26+/m1/s1. The number of carboxylic acid groups (broad SMARTS) is 1. The van der Waals surface area contributed by atoms with Crippen LogP contribution in [0.4, 0.5) is 0 Å². The van der Waals surface area contributed by atoms with Crippen molar-refractivity contribution < 1.29 is 14.7 Å². The van der Waals surface area contributed by atoms with Crippen LogP contribution in [0.5, 0.6) is 0 Å². The van der Waals surface area contributed by atoms with E-state index in [0.29, 0.717) is 18.0 Å². The molecule has 3 rings (SSSR count). The lowest BCUT2D eigenvalue weighted by Crippen LogP contribution is -2.32. The number of aliphatic carboxylic acids is 1. The molecule has 0 spiro atoms. The quantitative estimate of drug-likeness (QED) is 0.443. The lowest BCUT2D eigenvalue weighted by Gasteiger charge is -2.22. The Morgan fingerprint density at radius 1 is 0.939 bits per heavy atom. The molecule has 1 amide bonds. The number of benzene rings is 3. The lowest BCUT2D eigenvalue weighted by molar-refractivity contribution is -0.138. The number of rotatable bonds is 9. The van der Waals surface area contributed by atoms with Gasteiger partial charge in [-0.2, -0.15) is 0 Å². The molecule has 0 bridgehead atoms. The first kappa shape index (κ1) is 24.2. The van der Waals surface area contributed by atoms with Gasteiger partial charge in [0.2, 0.25) is 0 Å². The lowest BCUT2D eigenvalue weighted by atomic mass is 9.87. The molecule has 0 aliphatic heterocycles. The SMILES string of the molecule is Cc1ccccc1-c1ccc([C@H](CNC(=O)c2ccc(C[C@H](N)C(=O)O)cc2)C(C)C)cc1. The number of hydrogen-bond donors (Lipinski definition) is 3. The molecule has 0 aliphatic rings. The predicted octanol–water partition coefficient (Wildman–Crippen LogP) is 4.79. The number of hydrogen-bond acceptors (Lipinski definition) is 3. The minimum atomic E-state index is -1.04. The molecular weight excluding hydrogens is 412 g/mol. The summed E-state index contributed by atoms with van der Waals surface area (Å²) in [5.41, 5.74) is 11.8. The van der Waals surface area contributed by atoms with Crippen molar-refractivity contribution in [3.8, 4) is 11.1 Å². The highest BCUT2D eigenvalue weighted by Gasteiger charge is 2.18. The summed E-state index contributed by atoms with van der Waals surface area (Å²) < 4.78 is 0. The Kier molecular flexibility index (Phi) is 8.01. The van der Waals surface area contributed by atoms with Gasteiger partial charge in [0.05, 0.1) is 0 Å². The first-order chi connectivity index (χ1) is 15.8. The summed E-state index contributed by atoms with van der Waals surface area (Å²) in [6.45, 7) is 6.97. The largest absolute Gasteiger partial charge is 0.480 e. The summed E-state index contributed by atoms with van der Waals surface area (Å²) in [6, 6.07) is 22.9. The van der Waals surface area contributed by atoms with Crippen molar-refractivity contribution in [1.82, 2.24) is 5.32 Å². The van der Waals surface area contributed by atoms with E-state index in [1.54, 1.807) is 24.3 Å². The van der Waals surface area contributed by atoms with E-state index in [-0.39, 0.29) is 18.2 Å². The van der Waals surface area contributed by atoms with Crippen molar-refractivity contribution in [2.24, 2.45) is 11.7 Å². The van der Waals surface area contributed by atoms with E-state index in [2.05, 4.69) is 68.6 Å². The van der Waals surface area contributed by atoms with Crippen molar-refractivity contribution in [3.63, 3.8) is 0 Å². The summed E-state index contributed by atoms with van der Waals surface area (Å²) in [5, 5.41) is 12.0. The van der Waals surface area contributed by atoms with Gasteiger partial charge < -0.3 is 16.2 Å². The zero-order valence-electron chi connectivity index (χ0n) is 19.4. The van der Waals surface area contributed by atoms with Crippen LogP contribution in [0.25, 0.3) is 11.1 Å². The van der Waals surface area contributed by atoms with Crippen LogP contribution in [0.3, 0.4) is 0 Å². The second-order valence-corrected chi connectivity index (χ2v) is 8.84. The molecule has 0 aromatic heterocycles. The molecule has 4 N–H and O–H groups in total. The van der Waals surface area contributed by atoms with Crippen molar-refractivity contribution >= 4 is 11.9 Å². The zero-order chi connectivity index (χ0) is 24.0. The van der Waals surface area contributed by atoms with Gasteiger partial charge in [-0.1, -0.05) is 74.5 Å². The third kappa shape index (κ3) is 6.30. The van der Waals surface area contributed by atoms with E-state index >= 15 is 0 Å². The van der Waals surface area contributed by atoms with E-state index in [4.69, 9.17) is 10.8 Å². The van der Waals surface area contributed by atoms with E-state index in [1.807, 2.05) is 6.07 Å². The number of nitrogens with one attached hydrogen (secondary N) is 1. The normalized spacial score (nSPS) is 12.9. The van der Waals surface area contributed by atoms with Crippen LogP contribution < -0.4 is 11.1 Å². The topological polar surface area (TPSA) is 92.4 Å². The van der Waals surface area contributed by atoms with Crippen molar-refractivity contribution in [1.29, 1.82) is 0 Å². The third-order valence-electron chi connectivity index (χ3n) is 6.07. The summed E-state index contributed by atoms with van der Waals surface area (Å²) in [6.07, 6.45) is 0.227. The van der Waals surface area contributed by atoms with Crippen molar-refractivity contribution in [2.45, 2.75) is 39.2 Å². The molecule has 33 heavy (non-hydrogen) atoms. The third-order valence-corrected chi connectivity index (χ3v) is 6.07. The smallest absolute Gasteiger partial charge is 0.320 e. The molecule has 0 heterocycles. The molecule has 0 fully saturated rings. The van der Waals surface area contributed by atoms with E-state index < -0.39 is 12.0 Å². The summed E-state index contributed by atoms with van der Waals surface area (Å²) >= 11 is 0. The van der Waals surface area contributed by atoms with Crippen LogP contribution in [-0.2, 0) is 11.2 Å². The highest BCUT2D eigenvalue weighted by Crippen LogP contribution is 2.28. The van der Waals surface area contributed by atoms with E-state index in [9.17, 15) is 9.59 Å². The molecule has 3 aromatic rings. The van der Waals surface area contributed by atoms with Crippen molar-refractivity contribution in [2.75, 3.05) is 6.54 Å². The number of aryl methyl sites for hydroxylation is 1. The summed E-state index contributed by atoms with van der Waals surface area (Å²) in [4.78, 5) is 23.6. The van der Waals surface area contributed by atoms with Crippen LogP contribution in [-0.4, -0.2) is 29.6 Å². The van der Waals surface area contributed by atoms with Crippen LogP contribution in [0.15, 0.2) is 72.8 Å². The Labute approximate surface area is 195 Å². The monoisotopic (exact) mass is 444 g/mol. The maximum atomic E-state index is 12.7. The van der Waals surface area contributed by atoms with Crippen LogP contribution in [0.2, 0.25) is 0 Å². The molecule has 5 heteroatoms. The summed E-state index contributed by atoms with van der Waals surface area (Å²) in [5.74, 6) is -0.642.